The van der Waals surface area contributed by atoms with Gasteiger partial charge in [0.25, 0.3) is 0 Å². The molecule has 0 aromatic heterocycles. The predicted molar refractivity (Wildman–Crippen MR) is 73.8 cm³/mol. The van der Waals surface area contributed by atoms with Crippen molar-refractivity contribution in [3.63, 3.8) is 0 Å². The number of carboxylic acid groups (broad SMARTS) is 1. The van der Waals surface area contributed by atoms with Crippen molar-refractivity contribution in [3.05, 3.63) is 35.9 Å². The van der Waals surface area contributed by atoms with Gasteiger partial charge in [0.15, 0.2) is 0 Å². The molecule has 2 N–H and O–H groups in total. The first-order valence-electron chi connectivity index (χ1n) is 6.58. The molecule has 0 fully saturated rings. The van der Waals surface area contributed by atoms with E-state index in [-0.39, 0.29) is 11.8 Å². The summed E-state index contributed by atoms with van der Waals surface area (Å²) in [7, 11) is 0. The van der Waals surface area contributed by atoms with Gasteiger partial charge in [0.2, 0.25) is 5.91 Å². The van der Waals surface area contributed by atoms with Gasteiger partial charge in [0.05, 0.1) is 0 Å². The van der Waals surface area contributed by atoms with E-state index in [1.165, 1.54) is 12.5 Å². The summed E-state index contributed by atoms with van der Waals surface area (Å²) in [5.41, 5.74) is 1.26. The van der Waals surface area contributed by atoms with Crippen LogP contribution in [0.25, 0.3) is 0 Å². The van der Waals surface area contributed by atoms with E-state index >= 15 is 0 Å². The molecule has 1 rings (SSSR count). The lowest BCUT2D eigenvalue weighted by atomic mass is 10.00. The lowest BCUT2D eigenvalue weighted by Gasteiger charge is -2.14. The molecule has 2 atom stereocenters. The molecular weight excluding hydrogens is 242 g/mol. The van der Waals surface area contributed by atoms with Crippen LogP contribution in [0.3, 0.4) is 0 Å². The second-order valence-electron chi connectivity index (χ2n) is 4.85. The number of carbonyl (C=O) groups is 2. The van der Waals surface area contributed by atoms with Crippen LogP contribution in [0.2, 0.25) is 0 Å². The summed E-state index contributed by atoms with van der Waals surface area (Å²) in [4.78, 5) is 22.4. The van der Waals surface area contributed by atoms with E-state index in [1.807, 2.05) is 25.1 Å². The van der Waals surface area contributed by atoms with Crippen molar-refractivity contribution in [2.45, 2.75) is 39.2 Å². The molecule has 0 bridgehead atoms. The number of carbonyl (C=O) groups excluding carboxylic acids is 1. The molecule has 0 spiro atoms. The quantitative estimate of drug-likeness (QED) is 0.792. The Hall–Kier alpha value is -1.84. The van der Waals surface area contributed by atoms with Gasteiger partial charge in [-0.15, -0.1) is 0 Å². The number of aliphatic carboxylic acids is 1. The van der Waals surface area contributed by atoms with Crippen LogP contribution in [-0.4, -0.2) is 23.0 Å². The van der Waals surface area contributed by atoms with Gasteiger partial charge in [-0.3, -0.25) is 9.59 Å². The number of rotatable bonds is 7. The smallest absolute Gasteiger partial charge is 0.325 e. The van der Waals surface area contributed by atoms with Crippen molar-refractivity contribution >= 4 is 11.9 Å². The monoisotopic (exact) mass is 263 g/mol. The molecule has 19 heavy (non-hydrogen) atoms. The number of carboxylic acids is 1. The zero-order valence-corrected chi connectivity index (χ0v) is 11.4. The third kappa shape index (κ3) is 5.55. The minimum atomic E-state index is -1.01. The zero-order valence-electron chi connectivity index (χ0n) is 11.4. The highest BCUT2D eigenvalue weighted by atomic mass is 16.4. The fourth-order valence-corrected chi connectivity index (χ4v) is 1.81. The second kappa shape index (κ2) is 7.56. The van der Waals surface area contributed by atoms with Crippen molar-refractivity contribution in [2.24, 2.45) is 5.92 Å². The molecule has 4 heteroatoms. The van der Waals surface area contributed by atoms with Crippen molar-refractivity contribution in [3.8, 4) is 0 Å². The second-order valence-corrected chi connectivity index (χ2v) is 4.85. The highest BCUT2D eigenvalue weighted by Crippen LogP contribution is 2.10. The highest BCUT2D eigenvalue weighted by Gasteiger charge is 2.18. The molecule has 0 saturated carbocycles. The lowest BCUT2D eigenvalue weighted by molar-refractivity contribution is -0.141. The van der Waals surface area contributed by atoms with Gasteiger partial charge in [-0.2, -0.15) is 0 Å². The standard InChI is InChI=1S/C15H21NO3/c1-11(14(17)16-12(2)15(18)19)7-6-10-13-8-4-3-5-9-13/h3-5,8-9,11-12H,6-7,10H2,1-2H3,(H,16,17)(H,18,19)/t11?,12-/m1/s1. The van der Waals surface area contributed by atoms with Crippen LogP contribution in [0, 0.1) is 5.92 Å². The van der Waals surface area contributed by atoms with Gasteiger partial charge in [0, 0.05) is 5.92 Å². The van der Waals surface area contributed by atoms with Crippen LogP contribution in [-0.2, 0) is 16.0 Å². The van der Waals surface area contributed by atoms with Crippen LogP contribution >= 0.6 is 0 Å². The van der Waals surface area contributed by atoms with Gasteiger partial charge in [-0.25, -0.2) is 0 Å². The molecule has 0 saturated heterocycles. The van der Waals surface area contributed by atoms with Gasteiger partial charge < -0.3 is 10.4 Å². The fraction of sp³-hybridized carbons (Fsp3) is 0.467. The Labute approximate surface area is 113 Å². The molecule has 1 amide bonds. The molecule has 1 aromatic carbocycles. The van der Waals surface area contributed by atoms with Gasteiger partial charge in [0.1, 0.15) is 6.04 Å². The first-order valence-corrected chi connectivity index (χ1v) is 6.58. The van der Waals surface area contributed by atoms with Crippen LogP contribution in [0.15, 0.2) is 30.3 Å². The summed E-state index contributed by atoms with van der Waals surface area (Å²) in [6, 6.07) is 9.28. The van der Waals surface area contributed by atoms with Crippen LogP contribution < -0.4 is 5.32 Å². The minimum Gasteiger partial charge on any atom is -0.480 e. The molecule has 0 aliphatic rings. The fourth-order valence-electron chi connectivity index (χ4n) is 1.81. The lowest BCUT2D eigenvalue weighted by Crippen LogP contribution is -2.41. The van der Waals surface area contributed by atoms with Crippen LogP contribution in [0.5, 0.6) is 0 Å². The Bertz CT molecular complexity index is 417. The van der Waals surface area contributed by atoms with Crippen LogP contribution in [0.1, 0.15) is 32.3 Å². The van der Waals surface area contributed by atoms with E-state index in [2.05, 4.69) is 17.4 Å². The number of amides is 1. The molecule has 0 heterocycles. The normalized spacial score (nSPS) is 13.6. The van der Waals surface area contributed by atoms with E-state index in [1.54, 1.807) is 0 Å². The first-order chi connectivity index (χ1) is 9.00. The Balaban J connectivity index is 2.29. The zero-order chi connectivity index (χ0) is 14.3. The Morgan fingerprint density at radius 1 is 1.21 bits per heavy atom. The molecular formula is C15H21NO3. The van der Waals surface area contributed by atoms with E-state index in [9.17, 15) is 9.59 Å². The number of hydrogen-bond donors (Lipinski definition) is 2. The first kappa shape index (κ1) is 15.2. The largest absolute Gasteiger partial charge is 0.480 e. The third-order valence-corrected chi connectivity index (χ3v) is 3.12. The van der Waals surface area contributed by atoms with Crippen molar-refractivity contribution in [2.75, 3.05) is 0 Å². The van der Waals surface area contributed by atoms with Gasteiger partial charge in [-0.1, -0.05) is 37.3 Å². The number of nitrogens with one attached hydrogen (secondary N) is 1. The third-order valence-electron chi connectivity index (χ3n) is 3.12. The summed E-state index contributed by atoms with van der Waals surface area (Å²) in [5, 5.41) is 11.2. The van der Waals surface area contributed by atoms with Crippen molar-refractivity contribution in [1.29, 1.82) is 0 Å². The topological polar surface area (TPSA) is 66.4 Å². The summed E-state index contributed by atoms with van der Waals surface area (Å²) >= 11 is 0. The number of hydrogen-bond acceptors (Lipinski definition) is 2. The average molecular weight is 263 g/mol. The van der Waals surface area contributed by atoms with E-state index < -0.39 is 12.0 Å². The minimum absolute atomic E-state index is 0.162. The number of benzene rings is 1. The summed E-state index contributed by atoms with van der Waals surface area (Å²) in [6.07, 6.45) is 2.61. The maximum atomic E-state index is 11.7. The molecule has 0 aliphatic heterocycles. The van der Waals surface area contributed by atoms with Crippen molar-refractivity contribution < 1.29 is 14.7 Å². The molecule has 0 radical (unpaired) electrons. The molecule has 1 aromatic rings. The van der Waals surface area contributed by atoms with E-state index in [4.69, 9.17) is 5.11 Å². The molecule has 104 valence electrons. The van der Waals surface area contributed by atoms with Crippen molar-refractivity contribution in [1.82, 2.24) is 5.32 Å². The number of aryl methyl sites for hydroxylation is 1. The Morgan fingerprint density at radius 2 is 1.84 bits per heavy atom. The summed E-state index contributed by atoms with van der Waals surface area (Å²) < 4.78 is 0. The summed E-state index contributed by atoms with van der Waals surface area (Å²) in [6.45, 7) is 3.30. The maximum Gasteiger partial charge on any atom is 0.325 e. The average Bonchev–Trinajstić information content (AvgIpc) is 2.39. The predicted octanol–water partition coefficient (Wildman–Crippen LogP) is 2.23. The van der Waals surface area contributed by atoms with E-state index in [0.29, 0.717) is 0 Å². The Morgan fingerprint density at radius 3 is 2.42 bits per heavy atom. The van der Waals surface area contributed by atoms with E-state index in [0.717, 1.165) is 19.3 Å². The maximum absolute atomic E-state index is 11.7. The SMILES string of the molecule is CC(CCCc1ccccc1)C(=O)N[C@H](C)C(=O)O. The van der Waals surface area contributed by atoms with Crippen LogP contribution in [0.4, 0.5) is 0 Å². The molecule has 4 nitrogen and oxygen atoms in total. The summed E-state index contributed by atoms with van der Waals surface area (Å²) in [5.74, 6) is -1.36. The Kier molecular flexibility index (Phi) is 6.06. The highest BCUT2D eigenvalue weighted by molar-refractivity contribution is 5.84. The molecule has 1 unspecified atom stereocenters. The van der Waals surface area contributed by atoms with Gasteiger partial charge in [-0.05, 0) is 31.7 Å². The van der Waals surface area contributed by atoms with Gasteiger partial charge >= 0.3 is 5.97 Å². The molecule has 0 aliphatic carbocycles.